The molecule has 2 aromatic rings. The van der Waals surface area contributed by atoms with Crippen LogP contribution in [0.25, 0.3) is 0 Å². The third kappa shape index (κ3) is 4.57. The quantitative estimate of drug-likeness (QED) is 0.860. The molecule has 2 amide bonds. The van der Waals surface area contributed by atoms with Gasteiger partial charge in [0.1, 0.15) is 5.75 Å². The first-order valence-corrected chi connectivity index (χ1v) is 7.39. The van der Waals surface area contributed by atoms with E-state index in [9.17, 15) is 9.59 Å². The molecule has 0 saturated carbocycles. The van der Waals surface area contributed by atoms with Crippen molar-refractivity contribution in [1.82, 2.24) is 0 Å². The number of para-hydroxylation sites is 1. The number of ether oxygens (including phenoxy) is 1. The van der Waals surface area contributed by atoms with Crippen LogP contribution in [-0.4, -0.2) is 18.4 Å². The molecule has 0 heterocycles. The van der Waals surface area contributed by atoms with E-state index in [2.05, 4.69) is 19.2 Å². The maximum absolute atomic E-state index is 12.4. The van der Waals surface area contributed by atoms with Gasteiger partial charge < -0.3 is 15.8 Å². The zero-order chi connectivity index (χ0) is 16.8. The van der Waals surface area contributed by atoms with Gasteiger partial charge in [-0.2, -0.15) is 0 Å². The molecule has 0 fully saturated rings. The highest BCUT2D eigenvalue weighted by atomic mass is 16.5. The third-order valence-corrected chi connectivity index (χ3v) is 3.34. The summed E-state index contributed by atoms with van der Waals surface area (Å²) in [6.45, 7) is 3.95. The maximum atomic E-state index is 12.4. The Kier molecular flexibility index (Phi) is 5.36. The number of nitrogens with one attached hydrogen (secondary N) is 1. The summed E-state index contributed by atoms with van der Waals surface area (Å²) in [4.78, 5) is 23.2. The molecule has 0 aliphatic carbocycles. The van der Waals surface area contributed by atoms with Crippen LogP contribution >= 0.6 is 0 Å². The van der Waals surface area contributed by atoms with Crippen LogP contribution in [-0.2, 0) is 4.79 Å². The SMILES string of the molecule is CC(C)c1ccc(NC(=O)c2ccccc2OCC(N)=O)cc1. The van der Waals surface area contributed by atoms with E-state index in [1.807, 2.05) is 24.3 Å². The van der Waals surface area contributed by atoms with E-state index < -0.39 is 5.91 Å². The lowest BCUT2D eigenvalue weighted by Gasteiger charge is -2.11. The van der Waals surface area contributed by atoms with Crippen LogP contribution in [0.15, 0.2) is 48.5 Å². The highest BCUT2D eigenvalue weighted by molar-refractivity contribution is 6.06. The summed E-state index contributed by atoms with van der Waals surface area (Å²) < 4.78 is 5.27. The van der Waals surface area contributed by atoms with Gasteiger partial charge in [-0.3, -0.25) is 9.59 Å². The van der Waals surface area contributed by atoms with E-state index >= 15 is 0 Å². The molecular weight excluding hydrogens is 292 g/mol. The number of rotatable bonds is 6. The van der Waals surface area contributed by atoms with Crippen LogP contribution in [0.1, 0.15) is 35.7 Å². The Morgan fingerprint density at radius 3 is 2.35 bits per heavy atom. The Hall–Kier alpha value is -2.82. The number of anilines is 1. The number of carbonyl (C=O) groups excluding carboxylic acids is 2. The van der Waals surface area contributed by atoms with Crippen molar-refractivity contribution in [3.63, 3.8) is 0 Å². The van der Waals surface area contributed by atoms with Crippen molar-refractivity contribution in [2.45, 2.75) is 19.8 Å². The second-order valence-corrected chi connectivity index (χ2v) is 5.48. The van der Waals surface area contributed by atoms with Gasteiger partial charge >= 0.3 is 0 Å². The van der Waals surface area contributed by atoms with Crippen LogP contribution < -0.4 is 15.8 Å². The molecule has 0 bridgehead atoms. The Bertz CT molecular complexity index is 694. The fourth-order valence-corrected chi connectivity index (χ4v) is 2.08. The summed E-state index contributed by atoms with van der Waals surface area (Å²) >= 11 is 0. The minimum atomic E-state index is -0.593. The van der Waals surface area contributed by atoms with Gasteiger partial charge in [-0.15, -0.1) is 0 Å². The Morgan fingerprint density at radius 2 is 1.74 bits per heavy atom. The van der Waals surface area contributed by atoms with Crippen LogP contribution in [0.5, 0.6) is 5.75 Å². The zero-order valence-corrected chi connectivity index (χ0v) is 13.2. The Morgan fingerprint density at radius 1 is 1.09 bits per heavy atom. The molecule has 5 nitrogen and oxygen atoms in total. The zero-order valence-electron chi connectivity index (χ0n) is 13.2. The van der Waals surface area contributed by atoms with Crippen molar-refractivity contribution in [3.05, 3.63) is 59.7 Å². The second-order valence-electron chi connectivity index (χ2n) is 5.48. The molecule has 2 aromatic carbocycles. The Balaban J connectivity index is 2.12. The number of hydrogen-bond donors (Lipinski definition) is 2. The highest BCUT2D eigenvalue weighted by Gasteiger charge is 2.13. The molecule has 0 saturated heterocycles. The molecule has 0 atom stereocenters. The molecule has 0 unspecified atom stereocenters. The van der Waals surface area contributed by atoms with Crippen molar-refractivity contribution in [1.29, 1.82) is 0 Å². The summed E-state index contributed by atoms with van der Waals surface area (Å²) in [5, 5.41) is 2.82. The molecule has 0 aliphatic rings. The molecule has 0 aliphatic heterocycles. The van der Waals surface area contributed by atoms with Crippen LogP contribution in [0, 0.1) is 0 Å². The number of carbonyl (C=O) groups is 2. The summed E-state index contributed by atoms with van der Waals surface area (Å²) in [5.41, 5.74) is 7.31. The lowest BCUT2D eigenvalue weighted by molar-refractivity contribution is -0.119. The van der Waals surface area contributed by atoms with Crippen LogP contribution in [0.2, 0.25) is 0 Å². The van der Waals surface area contributed by atoms with Gasteiger partial charge in [0.15, 0.2) is 6.61 Å². The topological polar surface area (TPSA) is 81.4 Å². The number of amides is 2. The first kappa shape index (κ1) is 16.5. The highest BCUT2D eigenvalue weighted by Crippen LogP contribution is 2.21. The van der Waals surface area contributed by atoms with E-state index in [4.69, 9.17) is 10.5 Å². The minimum absolute atomic E-state index is 0.270. The van der Waals surface area contributed by atoms with Crippen molar-refractivity contribution in [2.75, 3.05) is 11.9 Å². The number of primary amides is 1. The first-order valence-electron chi connectivity index (χ1n) is 7.39. The number of nitrogens with two attached hydrogens (primary N) is 1. The largest absolute Gasteiger partial charge is 0.483 e. The predicted molar refractivity (Wildman–Crippen MR) is 89.6 cm³/mol. The Labute approximate surface area is 135 Å². The minimum Gasteiger partial charge on any atom is -0.483 e. The van der Waals surface area contributed by atoms with Gasteiger partial charge in [-0.05, 0) is 35.7 Å². The fraction of sp³-hybridized carbons (Fsp3) is 0.222. The van der Waals surface area contributed by atoms with E-state index in [-0.39, 0.29) is 12.5 Å². The third-order valence-electron chi connectivity index (χ3n) is 3.34. The van der Waals surface area contributed by atoms with Gasteiger partial charge in [0.25, 0.3) is 11.8 Å². The summed E-state index contributed by atoms with van der Waals surface area (Å²) in [6.07, 6.45) is 0. The van der Waals surface area contributed by atoms with E-state index in [1.165, 1.54) is 5.56 Å². The van der Waals surface area contributed by atoms with Crippen LogP contribution in [0.3, 0.4) is 0 Å². The second kappa shape index (κ2) is 7.45. The van der Waals surface area contributed by atoms with Crippen molar-refractivity contribution in [3.8, 4) is 5.75 Å². The lowest BCUT2D eigenvalue weighted by atomic mass is 10.0. The van der Waals surface area contributed by atoms with Crippen LogP contribution in [0.4, 0.5) is 5.69 Å². The van der Waals surface area contributed by atoms with Gasteiger partial charge in [-0.25, -0.2) is 0 Å². The van der Waals surface area contributed by atoms with E-state index in [1.54, 1.807) is 24.3 Å². The molecule has 0 spiro atoms. The molecule has 3 N–H and O–H groups in total. The number of hydrogen-bond acceptors (Lipinski definition) is 3. The lowest BCUT2D eigenvalue weighted by Crippen LogP contribution is -2.21. The molecule has 2 rings (SSSR count). The molecule has 120 valence electrons. The normalized spacial score (nSPS) is 10.4. The van der Waals surface area contributed by atoms with Crippen molar-refractivity contribution < 1.29 is 14.3 Å². The molecule has 0 aromatic heterocycles. The summed E-state index contributed by atoms with van der Waals surface area (Å²) in [7, 11) is 0. The summed E-state index contributed by atoms with van der Waals surface area (Å²) in [6, 6.07) is 14.4. The predicted octanol–water partition coefficient (Wildman–Crippen LogP) is 2.93. The monoisotopic (exact) mass is 312 g/mol. The average molecular weight is 312 g/mol. The first-order chi connectivity index (χ1) is 11.0. The van der Waals surface area contributed by atoms with Gasteiger partial charge in [0, 0.05) is 5.69 Å². The molecule has 23 heavy (non-hydrogen) atoms. The maximum Gasteiger partial charge on any atom is 0.259 e. The van der Waals surface area contributed by atoms with Gasteiger partial charge in [-0.1, -0.05) is 38.1 Å². The van der Waals surface area contributed by atoms with Gasteiger partial charge in [0.2, 0.25) is 0 Å². The smallest absolute Gasteiger partial charge is 0.259 e. The van der Waals surface area contributed by atoms with Crippen molar-refractivity contribution in [2.24, 2.45) is 5.73 Å². The van der Waals surface area contributed by atoms with E-state index in [0.717, 1.165) is 0 Å². The molecule has 5 heteroatoms. The molecular formula is C18H20N2O3. The fourth-order valence-electron chi connectivity index (χ4n) is 2.08. The standard InChI is InChI=1S/C18H20N2O3/c1-12(2)13-7-9-14(10-8-13)20-18(22)15-5-3-4-6-16(15)23-11-17(19)21/h3-10,12H,11H2,1-2H3,(H2,19,21)(H,20,22). The number of benzene rings is 2. The molecule has 0 radical (unpaired) electrons. The van der Waals surface area contributed by atoms with Crippen molar-refractivity contribution >= 4 is 17.5 Å². The van der Waals surface area contributed by atoms with Gasteiger partial charge in [0.05, 0.1) is 5.56 Å². The summed E-state index contributed by atoms with van der Waals surface area (Å²) in [5.74, 6) is -0.142. The van der Waals surface area contributed by atoms with E-state index in [0.29, 0.717) is 22.9 Å². The average Bonchev–Trinajstić information content (AvgIpc) is 2.53.